The van der Waals surface area contributed by atoms with Gasteiger partial charge in [0.1, 0.15) is 5.76 Å². The third kappa shape index (κ3) is 1.91. The van der Waals surface area contributed by atoms with Gasteiger partial charge in [0.05, 0.1) is 13.2 Å². The van der Waals surface area contributed by atoms with Crippen LogP contribution in [0.3, 0.4) is 0 Å². The molecule has 0 bridgehead atoms. The number of fused-ring (bicyclic) bond motifs is 1. The third-order valence-corrected chi connectivity index (χ3v) is 2.71. The largest absolute Gasteiger partial charge is 0.493 e. The molecule has 1 atom stereocenters. The van der Waals surface area contributed by atoms with Gasteiger partial charge in [-0.15, -0.1) is 0 Å². The first-order chi connectivity index (χ1) is 7.76. The standard InChI is InChI=1S/C13H17NO2/c1-3-5-10(14)12-8-9-6-4-7-11(15-2)13(9)16-12/h4,6-8,10H,3,5,14H2,1-2H3/t10-/m0/s1. The van der Waals surface area contributed by atoms with Crippen LogP contribution in [0, 0.1) is 0 Å². The van der Waals surface area contributed by atoms with Crippen LogP contribution in [0.4, 0.5) is 0 Å². The van der Waals surface area contributed by atoms with E-state index < -0.39 is 0 Å². The van der Waals surface area contributed by atoms with Gasteiger partial charge in [-0.05, 0) is 18.6 Å². The first kappa shape index (κ1) is 11.0. The molecule has 0 aliphatic rings. The quantitative estimate of drug-likeness (QED) is 0.858. The fraction of sp³-hybridized carbons (Fsp3) is 0.385. The molecule has 1 heterocycles. The van der Waals surface area contributed by atoms with E-state index in [0.717, 1.165) is 35.3 Å². The second kappa shape index (κ2) is 4.58. The maximum absolute atomic E-state index is 6.03. The van der Waals surface area contributed by atoms with Gasteiger partial charge < -0.3 is 14.9 Å². The topological polar surface area (TPSA) is 48.4 Å². The minimum absolute atomic E-state index is 0.0258. The Morgan fingerprint density at radius 3 is 2.94 bits per heavy atom. The van der Waals surface area contributed by atoms with Crippen LogP contribution in [0.25, 0.3) is 11.0 Å². The van der Waals surface area contributed by atoms with Crippen LogP contribution < -0.4 is 10.5 Å². The summed E-state index contributed by atoms with van der Waals surface area (Å²) in [4.78, 5) is 0. The molecule has 3 heteroatoms. The average Bonchev–Trinajstić information content (AvgIpc) is 2.72. The van der Waals surface area contributed by atoms with Crippen LogP contribution in [0.2, 0.25) is 0 Å². The van der Waals surface area contributed by atoms with Crippen LogP contribution >= 0.6 is 0 Å². The molecule has 0 saturated carbocycles. The number of methoxy groups -OCH3 is 1. The van der Waals surface area contributed by atoms with E-state index in [9.17, 15) is 0 Å². The van der Waals surface area contributed by atoms with Gasteiger partial charge >= 0.3 is 0 Å². The lowest BCUT2D eigenvalue weighted by atomic mass is 10.1. The minimum Gasteiger partial charge on any atom is -0.493 e. The molecular formula is C13H17NO2. The second-order valence-corrected chi connectivity index (χ2v) is 3.92. The molecule has 86 valence electrons. The summed E-state index contributed by atoms with van der Waals surface area (Å²) in [5.41, 5.74) is 6.81. The van der Waals surface area contributed by atoms with Crippen LogP contribution in [-0.2, 0) is 0 Å². The first-order valence-electron chi connectivity index (χ1n) is 5.58. The summed E-state index contributed by atoms with van der Waals surface area (Å²) >= 11 is 0. The van der Waals surface area contributed by atoms with Crippen LogP contribution in [0.1, 0.15) is 31.6 Å². The fourth-order valence-electron chi connectivity index (χ4n) is 1.85. The molecule has 0 unspecified atom stereocenters. The van der Waals surface area contributed by atoms with E-state index in [1.807, 2.05) is 24.3 Å². The lowest BCUT2D eigenvalue weighted by molar-refractivity contribution is 0.402. The number of hydrogen-bond donors (Lipinski definition) is 1. The SMILES string of the molecule is CCC[C@H](N)c1cc2cccc(OC)c2o1. The molecule has 2 aromatic rings. The predicted molar refractivity (Wildman–Crippen MR) is 64.6 cm³/mol. The summed E-state index contributed by atoms with van der Waals surface area (Å²) in [6.07, 6.45) is 1.98. The highest BCUT2D eigenvalue weighted by Gasteiger charge is 2.13. The molecule has 0 amide bonds. The number of rotatable bonds is 4. The van der Waals surface area contributed by atoms with Gasteiger partial charge in [0.2, 0.25) is 0 Å². The maximum Gasteiger partial charge on any atom is 0.176 e. The van der Waals surface area contributed by atoms with Crippen molar-refractivity contribution in [2.24, 2.45) is 5.73 Å². The highest BCUT2D eigenvalue weighted by molar-refractivity contribution is 5.83. The molecule has 0 fully saturated rings. The Kier molecular flexibility index (Phi) is 3.15. The van der Waals surface area contributed by atoms with E-state index in [1.165, 1.54) is 0 Å². The van der Waals surface area contributed by atoms with Gasteiger partial charge in [-0.2, -0.15) is 0 Å². The van der Waals surface area contributed by atoms with Crippen molar-refractivity contribution in [1.82, 2.24) is 0 Å². The van der Waals surface area contributed by atoms with E-state index in [1.54, 1.807) is 7.11 Å². The zero-order valence-electron chi connectivity index (χ0n) is 9.69. The number of hydrogen-bond acceptors (Lipinski definition) is 3. The van der Waals surface area contributed by atoms with Crippen molar-refractivity contribution >= 4 is 11.0 Å². The zero-order chi connectivity index (χ0) is 11.5. The Labute approximate surface area is 95.2 Å². The van der Waals surface area contributed by atoms with Gasteiger partial charge in [0.25, 0.3) is 0 Å². The van der Waals surface area contributed by atoms with Crippen LogP contribution in [-0.4, -0.2) is 7.11 Å². The van der Waals surface area contributed by atoms with E-state index in [4.69, 9.17) is 14.9 Å². The Morgan fingerprint density at radius 2 is 2.25 bits per heavy atom. The Morgan fingerprint density at radius 1 is 1.44 bits per heavy atom. The average molecular weight is 219 g/mol. The van der Waals surface area contributed by atoms with E-state index >= 15 is 0 Å². The van der Waals surface area contributed by atoms with E-state index in [2.05, 4.69) is 6.92 Å². The molecule has 3 nitrogen and oxygen atoms in total. The smallest absolute Gasteiger partial charge is 0.176 e. The van der Waals surface area contributed by atoms with Crippen molar-refractivity contribution in [2.45, 2.75) is 25.8 Å². The Bertz CT molecular complexity index is 476. The van der Waals surface area contributed by atoms with Gasteiger partial charge in [0.15, 0.2) is 11.3 Å². The van der Waals surface area contributed by atoms with Crippen molar-refractivity contribution in [2.75, 3.05) is 7.11 Å². The Hall–Kier alpha value is -1.48. The lowest BCUT2D eigenvalue weighted by Crippen LogP contribution is -2.08. The van der Waals surface area contributed by atoms with Gasteiger partial charge in [-0.3, -0.25) is 0 Å². The Balaban J connectivity index is 2.43. The number of benzene rings is 1. The van der Waals surface area contributed by atoms with Crippen molar-refractivity contribution in [3.8, 4) is 5.75 Å². The number of para-hydroxylation sites is 1. The lowest BCUT2D eigenvalue weighted by Gasteiger charge is -2.05. The summed E-state index contributed by atoms with van der Waals surface area (Å²) in [6, 6.07) is 7.82. The van der Waals surface area contributed by atoms with Crippen molar-refractivity contribution in [3.63, 3.8) is 0 Å². The third-order valence-electron chi connectivity index (χ3n) is 2.71. The predicted octanol–water partition coefficient (Wildman–Crippen LogP) is 3.24. The maximum atomic E-state index is 6.03. The molecule has 0 aliphatic carbocycles. The van der Waals surface area contributed by atoms with Crippen LogP contribution in [0.5, 0.6) is 5.75 Å². The summed E-state index contributed by atoms with van der Waals surface area (Å²) in [6.45, 7) is 2.11. The molecule has 0 radical (unpaired) electrons. The van der Waals surface area contributed by atoms with Crippen molar-refractivity contribution < 1.29 is 9.15 Å². The molecule has 0 aliphatic heterocycles. The van der Waals surface area contributed by atoms with Crippen LogP contribution in [0.15, 0.2) is 28.7 Å². The van der Waals surface area contributed by atoms with E-state index in [-0.39, 0.29) is 6.04 Å². The molecule has 2 N–H and O–H groups in total. The molecule has 2 rings (SSSR count). The van der Waals surface area contributed by atoms with Gasteiger partial charge in [-0.25, -0.2) is 0 Å². The van der Waals surface area contributed by atoms with E-state index in [0.29, 0.717) is 0 Å². The number of nitrogens with two attached hydrogens (primary N) is 1. The van der Waals surface area contributed by atoms with Crippen molar-refractivity contribution in [1.29, 1.82) is 0 Å². The molecule has 16 heavy (non-hydrogen) atoms. The first-order valence-corrected chi connectivity index (χ1v) is 5.58. The number of furan rings is 1. The molecule has 1 aromatic heterocycles. The molecule has 1 aromatic carbocycles. The van der Waals surface area contributed by atoms with Crippen molar-refractivity contribution in [3.05, 3.63) is 30.0 Å². The molecule has 0 spiro atoms. The molecule has 0 saturated heterocycles. The normalized spacial score (nSPS) is 12.9. The zero-order valence-corrected chi connectivity index (χ0v) is 9.69. The van der Waals surface area contributed by atoms with Gasteiger partial charge in [0, 0.05) is 5.39 Å². The summed E-state index contributed by atoms with van der Waals surface area (Å²) < 4.78 is 11.0. The molecular weight excluding hydrogens is 202 g/mol. The second-order valence-electron chi connectivity index (χ2n) is 3.92. The highest BCUT2D eigenvalue weighted by Crippen LogP contribution is 2.31. The summed E-state index contributed by atoms with van der Waals surface area (Å²) in [5.74, 6) is 1.59. The number of ether oxygens (including phenoxy) is 1. The summed E-state index contributed by atoms with van der Waals surface area (Å²) in [7, 11) is 1.64. The van der Waals surface area contributed by atoms with Gasteiger partial charge in [-0.1, -0.05) is 25.5 Å². The summed E-state index contributed by atoms with van der Waals surface area (Å²) in [5, 5.41) is 1.04. The highest BCUT2D eigenvalue weighted by atomic mass is 16.5. The fourth-order valence-corrected chi connectivity index (χ4v) is 1.85. The monoisotopic (exact) mass is 219 g/mol. The minimum atomic E-state index is -0.0258.